The van der Waals surface area contributed by atoms with Crippen LogP contribution in [0.1, 0.15) is 16.8 Å². The highest BCUT2D eigenvalue weighted by Crippen LogP contribution is 2.27. The van der Waals surface area contributed by atoms with Gasteiger partial charge in [-0.3, -0.25) is 9.89 Å². The summed E-state index contributed by atoms with van der Waals surface area (Å²) in [7, 11) is 0. The Hall–Kier alpha value is -2.74. The molecule has 0 aliphatic carbocycles. The van der Waals surface area contributed by atoms with E-state index in [1.807, 2.05) is 23.6 Å². The van der Waals surface area contributed by atoms with E-state index >= 15 is 0 Å². The summed E-state index contributed by atoms with van der Waals surface area (Å²) >= 11 is 1.63. The lowest BCUT2D eigenvalue weighted by molar-refractivity contribution is 0.0936. The first-order valence-corrected chi connectivity index (χ1v) is 9.08. The number of carbonyl (C=O) groups is 1. The minimum absolute atomic E-state index is 0.117. The monoisotopic (exact) mass is 374 g/mol. The number of aromatic nitrogens is 2. The summed E-state index contributed by atoms with van der Waals surface area (Å²) in [6.45, 7) is 1.33. The Morgan fingerprint density at radius 3 is 2.96 bits per heavy atom. The quantitative estimate of drug-likeness (QED) is 0.736. The zero-order valence-corrected chi connectivity index (χ0v) is 14.5. The first-order valence-electron chi connectivity index (χ1n) is 8.20. The first-order chi connectivity index (χ1) is 12.6. The van der Waals surface area contributed by atoms with E-state index in [9.17, 15) is 13.6 Å². The molecular formula is C18H16F2N4OS. The molecule has 0 bridgehead atoms. The van der Waals surface area contributed by atoms with Crippen LogP contribution in [0.4, 0.5) is 14.6 Å². The molecule has 134 valence electrons. The van der Waals surface area contributed by atoms with Crippen molar-refractivity contribution in [3.8, 4) is 10.6 Å². The van der Waals surface area contributed by atoms with Gasteiger partial charge in [-0.1, -0.05) is 6.07 Å². The molecule has 5 nitrogen and oxygen atoms in total. The van der Waals surface area contributed by atoms with Gasteiger partial charge < -0.3 is 10.2 Å². The Morgan fingerprint density at radius 1 is 1.31 bits per heavy atom. The highest BCUT2D eigenvalue weighted by atomic mass is 32.1. The predicted octanol–water partition coefficient (Wildman–Crippen LogP) is 3.43. The SMILES string of the molecule is O=C(N[C@H]1CCN(c2cc(-c3cccs3)[nH]n2)C1)c1ccc(F)cc1F. The van der Waals surface area contributed by atoms with Gasteiger partial charge in [-0.05, 0) is 30.0 Å². The number of carbonyl (C=O) groups excluding carboxylic acids is 1. The Labute approximate surface area is 152 Å². The molecule has 1 fully saturated rings. The Balaban J connectivity index is 1.40. The largest absolute Gasteiger partial charge is 0.353 e. The van der Waals surface area contributed by atoms with Crippen molar-refractivity contribution in [1.29, 1.82) is 0 Å². The number of anilines is 1. The number of H-pyrrole nitrogens is 1. The Kier molecular flexibility index (Phi) is 4.42. The van der Waals surface area contributed by atoms with Crippen molar-refractivity contribution < 1.29 is 13.6 Å². The predicted molar refractivity (Wildman–Crippen MR) is 96.3 cm³/mol. The average molecular weight is 374 g/mol. The van der Waals surface area contributed by atoms with Crippen LogP contribution in [-0.2, 0) is 0 Å². The van der Waals surface area contributed by atoms with Crippen molar-refractivity contribution >= 4 is 23.1 Å². The lowest BCUT2D eigenvalue weighted by Crippen LogP contribution is -2.37. The number of rotatable bonds is 4. The fourth-order valence-corrected chi connectivity index (χ4v) is 3.75. The summed E-state index contributed by atoms with van der Waals surface area (Å²) in [5.41, 5.74) is 0.806. The van der Waals surface area contributed by atoms with Crippen LogP contribution in [0.2, 0.25) is 0 Å². The fourth-order valence-electron chi connectivity index (χ4n) is 3.05. The second-order valence-corrected chi connectivity index (χ2v) is 7.09. The molecule has 1 aliphatic heterocycles. The molecule has 8 heteroatoms. The zero-order chi connectivity index (χ0) is 18.1. The molecule has 26 heavy (non-hydrogen) atoms. The smallest absolute Gasteiger partial charge is 0.254 e. The van der Waals surface area contributed by atoms with E-state index in [-0.39, 0.29) is 11.6 Å². The summed E-state index contributed by atoms with van der Waals surface area (Å²) in [6, 6.07) is 8.82. The van der Waals surface area contributed by atoms with E-state index in [0.29, 0.717) is 12.6 Å². The number of aromatic amines is 1. The van der Waals surface area contributed by atoms with Crippen LogP contribution in [-0.4, -0.2) is 35.2 Å². The molecule has 1 atom stereocenters. The normalized spacial score (nSPS) is 16.8. The highest BCUT2D eigenvalue weighted by Gasteiger charge is 2.26. The topological polar surface area (TPSA) is 61.0 Å². The summed E-state index contributed by atoms with van der Waals surface area (Å²) < 4.78 is 26.7. The number of amides is 1. The maximum atomic E-state index is 13.7. The molecule has 2 aromatic heterocycles. The summed E-state index contributed by atoms with van der Waals surface area (Å²) in [5, 5.41) is 12.2. The third-order valence-corrected chi connectivity index (χ3v) is 5.28. The number of benzene rings is 1. The lowest BCUT2D eigenvalue weighted by Gasteiger charge is -2.16. The van der Waals surface area contributed by atoms with Crippen molar-refractivity contribution in [1.82, 2.24) is 15.5 Å². The van der Waals surface area contributed by atoms with Gasteiger partial charge in [-0.15, -0.1) is 11.3 Å². The van der Waals surface area contributed by atoms with Crippen LogP contribution in [0.15, 0.2) is 41.8 Å². The molecule has 1 amide bonds. The Bertz CT molecular complexity index is 925. The van der Waals surface area contributed by atoms with Crippen molar-refractivity contribution in [3.63, 3.8) is 0 Å². The minimum atomic E-state index is -0.856. The summed E-state index contributed by atoms with van der Waals surface area (Å²) in [4.78, 5) is 15.4. The van der Waals surface area contributed by atoms with Crippen LogP contribution in [0, 0.1) is 11.6 Å². The van der Waals surface area contributed by atoms with Gasteiger partial charge in [0.1, 0.15) is 11.6 Å². The van der Waals surface area contributed by atoms with E-state index in [1.54, 1.807) is 11.3 Å². The second-order valence-electron chi connectivity index (χ2n) is 6.15. The lowest BCUT2D eigenvalue weighted by atomic mass is 10.1. The third-order valence-electron chi connectivity index (χ3n) is 4.37. The van der Waals surface area contributed by atoms with Crippen molar-refractivity contribution in [2.45, 2.75) is 12.5 Å². The second kappa shape index (κ2) is 6.87. The van der Waals surface area contributed by atoms with E-state index < -0.39 is 17.5 Å². The maximum absolute atomic E-state index is 13.7. The number of halogens is 2. The molecule has 0 unspecified atom stereocenters. The third kappa shape index (κ3) is 3.32. The molecule has 4 rings (SSSR count). The number of thiophene rings is 1. The highest BCUT2D eigenvalue weighted by molar-refractivity contribution is 7.13. The molecule has 1 aliphatic rings. The molecule has 1 saturated heterocycles. The van der Waals surface area contributed by atoms with E-state index in [0.717, 1.165) is 41.5 Å². The van der Waals surface area contributed by atoms with Gasteiger partial charge in [0.05, 0.1) is 16.1 Å². The standard InChI is InChI=1S/C18H16F2N4OS/c19-11-3-4-13(14(20)8-11)18(25)21-12-5-6-24(10-12)17-9-15(22-23-17)16-2-1-7-26-16/h1-4,7-9,12H,5-6,10H2,(H,21,25)(H,22,23)/t12-/m0/s1. The number of hydrogen-bond acceptors (Lipinski definition) is 4. The molecule has 0 saturated carbocycles. The number of nitrogens with one attached hydrogen (secondary N) is 2. The average Bonchev–Trinajstić information content (AvgIpc) is 3.35. The van der Waals surface area contributed by atoms with Crippen LogP contribution in [0.25, 0.3) is 10.6 Å². The fraction of sp³-hybridized carbons (Fsp3) is 0.222. The first kappa shape index (κ1) is 16.7. The van der Waals surface area contributed by atoms with Gasteiger partial charge in [0.25, 0.3) is 5.91 Å². The van der Waals surface area contributed by atoms with Crippen molar-refractivity contribution in [3.05, 3.63) is 59.0 Å². The summed E-state index contributed by atoms with van der Waals surface area (Å²) in [6.07, 6.45) is 0.732. The van der Waals surface area contributed by atoms with E-state index in [2.05, 4.69) is 20.4 Å². The molecule has 0 spiro atoms. The number of nitrogens with zero attached hydrogens (tertiary/aromatic N) is 2. The van der Waals surface area contributed by atoms with Crippen LogP contribution in [0.3, 0.4) is 0 Å². The molecule has 3 aromatic rings. The minimum Gasteiger partial charge on any atom is -0.353 e. The van der Waals surface area contributed by atoms with Gasteiger partial charge >= 0.3 is 0 Å². The zero-order valence-electron chi connectivity index (χ0n) is 13.7. The number of hydrogen-bond donors (Lipinski definition) is 2. The van der Waals surface area contributed by atoms with Crippen LogP contribution >= 0.6 is 11.3 Å². The van der Waals surface area contributed by atoms with Gasteiger partial charge in [0.15, 0.2) is 5.82 Å². The molecule has 0 radical (unpaired) electrons. The van der Waals surface area contributed by atoms with Crippen LogP contribution in [0.5, 0.6) is 0 Å². The molecule has 3 heterocycles. The molecule has 1 aromatic carbocycles. The Morgan fingerprint density at radius 2 is 2.19 bits per heavy atom. The van der Waals surface area contributed by atoms with Crippen molar-refractivity contribution in [2.24, 2.45) is 0 Å². The van der Waals surface area contributed by atoms with Gasteiger partial charge in [0.2, 0.25) is 0 Å². The molecular weight excluding hydrogens is 358 g/mol. The van der Waals surface area contributed by atoms with Gasteiger partial charge in [-0.25, -0.2) is 8.78 Å². The van der Waals surface area contributed by atoms with Crippen LogP contribution < -0.4 is 10.2 Å². The van der Waals surface area contributed by atoms with Gasteiger partial charge in [-0.2, -0.15) is 5.10 Å². The van der Waals surface area contributed by atoms with E-state index in [1.165, 1.54) is 0 Å². The molecule has 2 N–H and O–H groups in total. The van der Waals surface area contributed by atoms with E-state index in [4.69, 9.17) is 0 Å². The van der Waals surface area contributed by atoms with Crippen molar-refractivity contribution in [2.75, 3.05) is 18.0 Å². The summed E-state index contributed by atoms with van der Waals surface area (Å²) in [5.74, 6) is -1.27. The van der Waals surface area contributed by atoms with Gasteiger partial charge in [0, 0.05) is 31.3 Å². The maximum Gasteiger partial charge on any atom is 0.254 e.